The van der Waals surface area contributed by atoms with Gasteiger partial charge in [0.15, 0.2) is 0 Å². The highest BCUT2D eigenvalue weighted by atomic mass is 16.6. The molecule has 14 heavy (non-hydrogen) atoms. The fourth-order valence-corrected chi connectivity index (χ4v) is 1.25. The van der Waals surface area contributed by atoms with Gasteiger partial charge in [-0.3, -0.25) is 4.98 Å². The quantitative estimate of drug-likeness (QED) is 0.761. The molecule has 0 spiro atoms. The number of rotatable bonds is 2. The van der Waals surface area contributed by atoms with Gasteiger partial charge in [-0.1, -0.05) is 5.16 Å². The maximum absolute atomic E-state index is 5.49. The molecule has 0 radical (unpaired) electrons. The lowest BCUT2D eigenvalue weighted by atomic mass is 10.1. The molecule has 0 amide bonds. The van der Waals surface area contributed by atoms with Crippen LogP contribution in [0.4, 0.5) is 0 Å². The number of aromatic nitrogens is 3. The van der Waals surface area contributed by atoms with Crippen molar-refractivity contribution < 1.29 is 4.63 Å². The van der Waals surface area contributed by atoms with Gasteiger partial charge in [-0.05, 0) is 24.2 Å². The van der Waals surface area contributed by atoms with Gasteiger partial charge in [0.1, 0.15) is 11.4 Å². The minimum absolute atomic E-state index is 0.320. The Morgan fingerprint density at radius 1 is 1.43 bits per heavy atom. The molecule has 0 saturated heterocycles. The minimum atomic E-state index is 0.320. The number of nitrogens with two attached hydrogens (primary N) is 1. The number of hydrogen-bond acceptors (Lipinski definition) is 5. The first kappa shape index (κ1) is 8.83. The van der Waals surface area contributed by atoms with Gasteiger partial charge in [-0.25, -0.2) is 4.63 Å². The van der Waals surface area contributed by atoms with E-state index < -0.39 is 0 Å². The minimum Gasteiger partial charge on any atom is -0.325 e. The molecule has 0 aliphatic heterocycles. The molecular formula is C9H10N4O. The monoisotopic (exact) mass is 190 g/mol. The van der Waals surface area contributed by atoms with E-state index in [4.69, 9.17) is 5.73 Å². The van der Waals surface area contributed by atoms with Crippen molar-refractivity contribution in [3.05, 3.63) is 29.7 Å². The predicted molar refractivity (Wildman–Crippen MR) is 50.2 cm³/mol. The van der Waals surface area contributed by atoms with Crippen LogP contribution in [0.2, 0.25) is 0 Å². The molecule has 0 saturated carbocycles. The third-order valence-corrected chi connectivity index (χ3v) is 1.92. The second-order valence-corrected chi connectivity index (χ2v) is 2.95. The van der Waals surface area contributed by atoms with E-state index in [0.29, 0.717) is 17.9 Å². The molecule has 0 bridgehead atoms. The zero-order chi connectivity index (χ0) is 9.97. The third kappa shape index (κ3) is 1.49. The number of hydrogen-bond donors (Lipinski definition) is 1. The molecule has 0 aliphatic rings. The molecule has 2 N–H and O–H groups in total. The van der Waals surface area contributed by atoms with E-state index >= 15 is 0 Å². The molecule has 5 nitrogen and oxygen atoms in total. The zero-order valence-electron chi connectivity index (χ0n) is 7.77. The molecule has 0 aliphatic carbocycles. The fraction of sp³-hybridized carbons (Fsp3) is 0.222. The Kier molecular flexibility index (Phi) is 2.24. The Morgan fingerprint density at radius 2 is 2.29 bits per heavy atom. The van der Waals surface area contributed by atoms with Crippen LogP contribution in [0.15, 0.2) is 23.0 Å². The zero-order valence-corrected chi connectivity index (χ0v) is 7.77. The highest BCUT2D eigenvalue weighted by molar-refractivity contribution is 5.60. The molecule has 2 heterocycles. The van der Waals surface area contributed by atoms with E-state index in [1.807, 2.05) is 19.1 Å². The summed E-state index contributed by atoms with van der Waals surface area (Å²) in [4.78, 5) is 4.10. The van der Waals surface area contributed by atoms with E-state index in [0.717, 1.165) is 11.3 Å². The second kappa shape index (κ2) is 3.55. The lowest BCUT2D eigenvalue weighted by Gasteiger charge is -1.97. The van der Waals surface area contributed by atoms with Gasteiger partial charge in [-0.15, -0.1) is 0 Å². The number of aryl methyl sites for hydroxylation is 1. The fourth-order valence-electron chi connectivity index (χ4n) is 1.25. The molecular weight excluding hydrogens is 180 g/mol. The van der Waals surface area contributed by atoms with Crippen molar-refractivity contribution in [2.45, 2.75) is 13.5 Å². The highest BCUT2D eigenvalue weighted by Crippen LogP contribution is 2.19. The van der Waals surface area contributed by atoms with Crippen LogP contribution in [0.5, 0.6) is 0 Å². The summed E-state index contributed by atoms with van der Waals surface area (Å²) in [5, 5.41) is 7.51. The Morgan fingerprint density at radius 3 is 3.00 bits per heavy atom. The maximum Gasteiger partial charge on any atom is 0.139 e. The lowest BCUT2D eigenvalue weighted by Crippen LogP contribution is -1.98. The molecule has 2 rings (SSSR count). The number of nitrogens with zero attached hydrogens (tertiary/aromatic N) is 3. The van der Waals surface area contributed by atoms with Crippen molar-refractivity contribution >= 4 is 0 Å². The average molecular weight is 190 g/mol. The summed E-state index contributed by atoms with van der Waals surface area (Å²) in [6.07, 6.45) is 1.72. The lowest BCUT2D eigenvalue weighted by molar-refractivity contribution is 0.304. The van der Waals surface area contributed by atoms with E-state index in [-0.39, 0.29) is 0 Å². The summed E-state index contributed by atoms with van der Waals surface area (Å²) in [6.45, 7) is 2.24. The smallest absolute Gasteiger partial charge is 0.139 e. The highest BCUT2D eigenvalue weighted by Gasteiger charge is 2.10. The average Bonchev–Trinajstić information content (AvgIpc) is 2.65. The summed E-state index contributed by atoms with van der Waals surface area (Å²) >= 11 is 0. The van der Waals surface area contributed by atoms with Gasteiger partial charge in [0.2, 0.25) is 0 Å². The molecule has 0 aromatic carbocycles. The SMILES string of the molecule is Cc1cc(-c2nonc2CN)ccn1. The largest absolute Gasteiger partial charge is 0.325 e. The van der Waals surface area contributed by atoms with Crippen molar-refractivity contribution in [1.29, 1.82) is 0 Å². The summed E-state index contributed by atoms with van der Waals surface area (Å²) in [5.41, 5.74) is 8.70. The molecule has 2 aromatic heterocycles. The van der Waals surface area contributed by atoms with Crippen LogP contribution in [0.25, 0.3) is 11.3 Å². The van der Waals surface area contributed by atoms with E-state index in [2.05, 4.69) is 19.9 Å². The van der Waals surface area contributed by atoms with Crippen molar-refractivity contribution in [3.8, 4) is 11.3 Å². The standard InChI is InChI=1S/C9H10N4O/c1-6-4-7(2-3-11-6)9-8(5-10)12-14-13-9/h2-4H,5,10H2,1H3. The van der Waals surface area contributed by atoms with Gasteiger partial charge in [0, 0.05) is 24.0 Å². The van der Waals surface area contributed by atoms with Crippen LogP contribution in [-0.2, 0) is 6.54 Å². The number of pyridine rings is 1. The first-order valence-corrected chi connectivity index (χ1v) is 4.26. The first-order chi connectivity index (χ1) is 6.81. The van der Waals surface area contributed by atoms with Gasteiger partial charge in [-0.2, -0.15) is 0 Å². The van der Waals surface area contributed by atoms with Crippen molar-refractivity contribution in [1.82, 2.24) is 15.3 Å². The molecule has 0 atom stereocenters. The van der Waals surface area contributed by atoms with E-state index in [9.17, 15) is 0 Å². The van der Waals surface area contributed by atoms with Crippen molar-refractivity contribution in [3.63, 3.8) is 0 Å². The Bertz CT molecular complexity index is 438. The van der Waals surface area contributed by atoms with E-state index in [1.54, 1.807) is 6.20 Å². The van der Waals surface area contributed by atoms with Gasteiger partial charge in [0.25, 0.3) is 0 Å². The van der Waals surface area contributed by atoms with Crippen LogP contribution in [0.1, 0.15) is 11.4 Å². The molecule has 0 fully saturated rings. The first-order valence-electron chi connectivity index (χ1n) is 4.26. The summed E-state index contributed by atoms with van der Waals surface area (Å²) in [7, 11) is 0. The van der Waals surface area contributed by atoms with Crippen molar-refractivity contribution in [2.75, 3.05) is 0 Å². The Balaban J connectivity index is 2.49. The van der Waals surface area contributed by atoms with E-state index in [1.165, 1.54) is 0 Å². The second-order valence-electron chi connectivity index (χ2n) is 2.95. The normalized spacial score (nSPS) is 10.4. The molecule has 72 valence electrons. The predicted octanol–water partition coefficient (Wildman–Crippen LogP) is 0.899. The van der Waals surface area contributed by atoms with Crippen LogP contribution < -0.4 is 5.73 Å². The maximum atomic E-state index is 5.49. The topological polar surface area (TPSA) is 77.8 Å². The Hall–Kier alpha value is -1.75. The summed E-state index contributed by atoms with van der Waals surface area (Å²) < 4.78 is 4.63. The van der Waals surface area contributed by atoms with Gasteiger partial charge < -0.3 is 5.73 Å². The van der Waals surface area contributed by atoms with Crippen LogP contribution >= 0.6 is 0 Å². The molecule has 0 unspecified atom stereocenters. The Labute approximate surface area is 80.9 Å². The van der Waals surface area contributed by atoms with Gasteiger partial charge in [0.05, 0.1) is 0 Å². The van der Waals surface area contributed by atoms with Crippen LogP contribution in [-0.4, -0.2) is 15.3 Å². The van der Waals surface area contributed by atoms with Gasteiger partial charge >= 0.3 is 0 Å². The van der Waals surface area contributed by atoms with Crippen molar-refractivity contribution in [2.24, 2.45) is 5.73 Å². The summed E-state index contributed by atoms with van der Waals surface area (Å²) in [5.74, 6) is 0. The third-order valence-electron chi connectivity index (χ3n) is 1.92. The van der Waals surface area contributed by atoms with Crippen LogP contribution in [0.3, 0.4) is 0 Å². The molecule has 2 aromatic rings. The van der Waals surface area contributed by atoms with Crippen LogP contribution in [0, 0.1) is 6.92 Å². The molecule has 5 heteroatoms. The summed E-state index contributed by atoms with van der Waals surface area (Å²) in [6, 6.07) is 3.77.